The Morgan fingerprint density at radius 1 is 0.912 bits per heavy atom. The van der Waals surface area contributed by atoms with Crippen molar-refractivity contribution in [3.63, 3.8) is 0 Å². The molecule has 1 saturated heterocycles. The van der Waals surface area contributed by atoms with E-state index in [1.54, 1.807) is 50.2 Å². The summed E-state index contributed by atoms with van der Waals surface area (Å²) in [5.74, 6) is -2.01. The lowest BCUT2D eigenvalue weighted by Gasteiger charge is -2.33. The van der Waals surface area contributed by atoms with Crippen LogP contribution in [0.2, 0.25) is 0 Å². The third-order valence-electron chi connectivity index (χ3n) is 11.9. The largest absolute Gasteiger partial charge is 0.492 e. The number of aryl methyl sites for hydroxylation is 2. The van der Waals surface area contributed by atoms with E-state index in [0.717, 1.165) is 38.7 Å². The Bertz CT molecular complexity index is 2260. The van der Waals surface area contributed by atoms with Crippen LogP contribution in [0.3, 0.4) is 0 Å². The molecule has 3 heterocycles. The summed E-state index contributed by atoms with van der Waals surface area (Å²) in [4.78, 5) is 83.4. The van der Waals surface area contributed by atoms with Crippen LogP contribution in [0, 0.1) is 25.2 Å². The van der Waals surface area contributed by atoms with E-state index in [9.17, 15) is 29.2 Å². The lowest BCUT2D eigenvalue weighted by Crippen LogP contribution is -2.56. The number of benzene rings is 2. The van der Waals surface area contributed by atoms with Gasteiger partial charge in [-0.25, -0.2) is 9.97 Å². The molecule has 0 spiro atoms. The number of ether oxygens (including phenoxy) is 3. The molecule has 20 nitrogen and oxygen atoms in total. The molecule has 368 valence electrons. The maximum atomic E-state index is 14.8. The van der Waals surface area contributed by atoms with Crippen molar-refractivity contribution in [2.24, 2.45) is 17.2 Å². The van der Waals surface area contributed by atoms with Crippen molar-refractivity contribution < 1.29 is 38.2 Å². The van der Waals surface area contributed by atoms with Gasteiger partial charge in [-0.2, -0.15) is 5.26 Å². The number of unbranched alkanes of at least 4 members (excludes halogenated alkanes) is 2. The number of piperidine rings is 1. The first-order chi connectivity index (χ1) is 32.7. The molecule has 20 heteroatoms. The molecule has 68 heavy (non-hydrogen) atoms. The molecule has 1 fully saturated rings. The van der Waals surface area contributed by atoms with Crippen LogP contribution >= 0.6 is 0 Å². The van der Waals surface area contributed by atoms with Crippen LogP contribution in [-0.2, 0) is 30.3 Å². The molecule has 1 aromatic heterocycles. The van der Waals surface area contributed by atoms with Crippen molar-refractivity contribution in [2.75, 3.05) is 71.0 Å². The van der Waals surface area contributed by atoms with Crippen molar-refractivity contribution in [3.8, 4) is 28.7 Å². The third kappa shape index (κ3) is 13.6. The Morgan fingerprint density at radius 3 is 2.18 bits per heavy atom. The summed E-state index contributed by atoms with van der Waals surface area (Å²) < 4.78 is 18.3. The summed E-state index contributed by atoms with van der Waals surface area (Å²) in [7, 11) is 1.43. The zero-order chi connectivity index (χ0) is 49.3. The van der Waals surface area contributed by atoms with E-state index in [0.29, 0.717) is 64.2 Å². The molecule has 2 aliphatic rings. The second kappa shape index (κ2) is 25.7. The normalized spacial score (nSPS) is 18.0. The number of fused-ring (bicyclic) bond motifs is 5. The van der Waals surface area contributed by atoms with Gasteiger partial charge in [0, 0.05) is 57.4 Å². The average Bonchev–Trinajstić information content (AvgIpc) is 3.32. The van der Waals surface area contributed by atoms with Gasteiger partial charge >= 0.3 is 0 Å². The van der Waals surface area contributed by atoms with Crippen LogP contribution in [0.5, 0.6) is 11.5 Å². The lowest BCUT2D eigenvalue weighted by molar-refractivity contribution is -0.141. The second-order valence-electron chi connectivity index (χ2n) is 17.0. The minimum Gasteiger partial charge on any atom is -0.492 e. The molecule has 0 radical (unpaired) electrons. The molecule has 10 N–H and O–H groups in total. The standard InChI is InChI=1S/C48H68N12O8/c1-6-7-8-23-66-34-14-21-60(22-15-34)48-55-29(2)41(30(3)56-48)45(63)57-37(13-16-49)47(65)59(5)42-33-10-12-40(68-25-19-52)36(28-33)35-26-32(9-11-39(35)67-24-18-51)27-38(44(62)53-20-17-50)58-43(61)31(4)54-46(42)64/h9-12,26,28,31,34,37-38,42H,6-8,13-16,18-25,27,49,51-52H2,1-5H3,(H,53,62)(H,54,64)(H,57,63)(H,58,61). The van der Waals surface area contributed by atoms with Crippen molar-refractivity contribution >= 4 is 35.5 Å². The van der Waals surface area contributed by atoms with Crippen LogP contribution in [0.25, 0.3) is 11.1 Å². The van der Waals surface area contributed by atoms with E-state index in [1.807, 2.05) is 6.07 Å². The molecular formula is C48H68N12O8. The minimum absolute atomic E-state index is 0.00389. The maximum Gasteiger partial charge on any atom is 0.255 e. The fourth-order valence-electron chi connectivity index (χ4n) is 8.35. The number of aromatic nitrogens is 2. The molecule has 2 aliphatic heterocycles. The Morgan fingerprint density at radius 2 is 1.56 bits per heavy atom. The molecule has 4 atom stereocenters. The van der Waals surface area contributed by atoms with Crippen LogP contribution in [0.1, 0.15) is 91.3 Å². The van der Waals surface area contributed by atoms with Gasteiger partial charge in [0.05, 0.1) is 29.1 Å². The monoisotopic (exact) mass is 941 g/mol. The van der Waals surface area contributed by atoms with Crippen LogP contribution in [0.15, 0.2) is 36.4 Å². The van der Waals surface area contributed by atoms with Gasteiger partial charge in [-0.15, -0.1) is 0 Å². The SMILES string of the molecule is CCCCCOC1CCN(c2nc(C)c(C(=O)NC(CCN)C(=O)N(C)C3C(=O)NC(C)C(=O)NC(C(=O)NCC#N)Cc4ccc(OCCN)c(c4)-c4cc3ccc4OCCN)c(C)n2)CC1. The van der Waals surface area contributed by atoms with E-state index in [1.165, 1.54) is 18.9 Å². The highest BCUT2D eigenvalue weighted by Crippen LogP contribution is 2.40. The van der Waals surface area contributed by atoms with Gasteiger partial charge in [0.15, 0.2) is 0 Å². The number of nitrogens with one attached hydrogen (secondary N) is 4. The van der Waals surface area contributed by atoms with E-state index in [-0.39, 0.29) is 63.9 Å². The first-order valence-electron chi connectivity index (χ1n) is 23.4. The Labute approximate surface area is 398 Å². The van der Waals surface area contributed by atoms with E-state index < -0.39 is 53.7 Å². The van der Waals surface area contributed by atoms with Crippen molar-refractivity contribution in [3.05, 3.63) is 64.5 Å². The van der Waals surface area contributed by atoms with Gasteiger partial charge in [-0.1, -0.05) is 31.9 Å². The van der Waals surface area contributed by atoms with E-state index in [2.05, 4.69) is 33.1 Å². The second-order valence-corrected chi connectivity index (χ2v) is 17.0. The summed E-state index contributed by atoms with van der Waals surface area (Å²) in [6.07, 6.45) is 5.20. The first-order valence-corrected chi connectivity index (χ1v) is 23.4. The Hall–Kier alpha value is -6.40. The zero-order valence-electron chi connectivity index (χ0n) is 39.9. The highest BCUT2D eigenvalue weighted by atomic mass is 16.5. The number of amides is 5. The quantitative estimate of drug-likeness (QED) is 0.0623. The molecule has 2 aromatic carbocycles. The molecule has 4 unspecified atom stereocenters. The highest BCUT2D eigenvalue weighted by Gasteiger charge is 2.37. The predicted molar refractivity (Wildman–Crippen MR) is 255 cm³/mol. The predicted octanol–water partition coefficient (Wildman–Crippen LogP) is 1.44. The van der Waals surface area contributed by atoms with Gasteiger partial charge in [0.1, 0.15) is 55.4 Å². The lowest BCUT2D eigenvalue weighted by atomic mass is 9.93. The molecule has 4 bridgehead atoms. The number of nitrogens with zero attached hydrogens (tertiary/aromatic N) is 5. The van der Waals surface area contributed by atoms with Gasteiger partial charge in [-0.3, -0.25) is 24.0 Å². The Kier molecular flexibility index (Phi) is 19.8. The highest BCUT2D eigenvalue weighted by molar-refractivity contribution is 6.00. The maximum absolute atomic E-state index is 14.8. The number of rotatable bonds is 20. The number of anilines is 1. The van der Waals surface area contributed by atoms with Crippen LogP contribution in [0.4, 0.5) is 5.95 Å². The average molecular weight is 941 g/mol. The molecule has 0 aliphatic carbocycles. The Balaban J connectivity index is 1.50. The van der Waals surface area contributed by atoms with Crippen molar-refractivity contribution in [1.82, 2.24) is 36.1 Å². The third-order valence-corrected chi connectivity index (χ3v) is 11.9. The summed E-state index contributed by atoms with van der Waals surface area (Å²) in [6, 6.07) is 7.08. The number of hydrogen-bond acceptors (Lipinski definition) is 15. The molecular weight excluding hydrogens is 873 g/mol. The number of carbonyl (C=O) groups is 5. The number of nitriles is 1. The summed E-state index contributed by atoms with van der Waals surface area (Å²) in [5.41, 5.74) is 20.7. The van der Waals surface area contributed by atoms with Gasteiger partial charge in [0.25, 0.3) is 5.91 Å². The number of hydrogen-bond donors (Lipinski definition) is 7. The van der Waals surface area contributed by atoms with Crippen molar-refractivity contribution in [1.29, 1.82) is 5.26 Å². The van der Waals surface area contributed by atoms with E-state index in [4.69, 9.17) is 41.4 Å². The number of carbonyl (C=O) groups excluding carboxylic acids is 5. The zero-order valence-corrected chi connectivity index (χ0v) is 39.9. The molecule has 3 aromatic rings. The summed E-state index contributed by atoms with van der Waals surface area (Å²) in [6.45, 7) is 9.61. The fourth-order valence-corrected chi connectivity index (χ4v) is 8.35. The number of nitrogens with two attached hydrogens (primary N) is 3. The van der Waals surface area contributed by atoms with Crippen molar-refractivity contribution in [2.45, 2.75) is 103 Å². The van der Waals surface area contributed by atoms with Gasteiger partial charge in [-0.05, 0) is 88.4 Å². The minimum atomic E-state index is -1.40. The molecule has 5 amide bonds. The fraction of sp³-hybridized carbons (Fsp3) is 0.542. The van der Waals surface area contributed by atoms with Gasteiger partial charge < -0.3 is 62.5 Å². The summed E-state index contributed by atoms with van der Waals surface area (Å²) in [5, 5.41) is 20.0. The van der Waals surface area contributed by atoms with Crippen LogP contribution in [-0.4, -0.2) is 135 Å². The summed E-state index contributed by atoms with van der Waals surface area (Å²) >= 11 is 0. The molecule has 5 rings (SSSR count). The smallest absolute Gasteiger partial charge is 0.255 e. The molecule has 0 saturated carbocycles. The topological polar surface area (TPSA) is 295 Å². The van der Waals surface area contributed by atoms with Gasteiger partial charge in [0.2, 0.25) is 29.6 Å². The van der Waals surface area contributed by atoms with Crippen LogP contribution < -0.4 is 52.8 Å². The van der Waals surface area contributed by atoms with E-state index >= 15 is 0 Å². The first kappa shape index (κ1) is 52.6. The number of likely N-dealkylation sites (N-methyl/N-ethyl adjacent to an activating group) is 1.